The van der Waals surface area contributed by atoms with Crippen molar-refractivity contribution in [3.05, 3.63) is 71.8 Å². The molecule has 0 heterocycles. The molecule has 7 nitrogen and oxygen atoms in total. The average Bonchev–Trinajstić information content (AvgIpc) is 2.70. The lowest BCUT2D eigenvalue weighted by molar-refractivity contribution is -0.191. The van der Waals surface area contributed by atoms with Crippen LogP contribution in [-0.2, 0) is 32.2 Å². The number of carbonyl (C=O) groups excluding carboxylic acids is 3. The minimum absolute atomic E-state index is 0.0274. The summed E-state index contributed by atoms with van der Waals surface area (Å²) in [5.74, 6) is -1.36. The van der Waals surface area contributed by atoms with Crippen LogP contribution < -0.4 is 5.73 Å². The summed E-state index contributed by atoms with van der Waals surface area (Å²) in [4.78, 5) is 43.4. The van der Waals surface area contributed by atoms with Crippen molar-refractivity contribution in [1.29, 1.82) is 0 Å². The van der Waals surface area contributed by atoms with E-state index in [-0.39, 0.29) is 13.0 Å². The van der Waals surface area contributed by atoms with Crippen molar-refractivity contribution in [3.8, 4) is 0 Å². The number of nitrogens with two attached hydrogens (primary N) is 1. The van der Waals surface area contributed by atoms with Crippen LogP contribution in [0.5, 0.6) is 0 Å². The summed E-state index contributed by atoms with van der Waals surface area (Å²) in [7, 11) is 0. The number of carbonyl (C=O) groups is 3. The molecule has 0 spiro atoms. The number of urea groups is 1. The lowest BCUT2D eigenvalue weighted by Crippen LogP contribution is -2.53. The Labute approximate surface area is 183 Å². The molecule has 0 bridgehead atoms. The summed E-state index contributed by atoms with van der Waals surface area (Å²) in [5.41, 5.74) is 6.46. The Balaban J connectivity index is 2.14. The number of hydroxylamine groups is 2. The van der Waals surface area contributed by atoms with E-state index < -0.39 is 29.4 Å². The van der Waals surface area contributed by atoms with Gasteiger partial charge in [0.15, 0.2) is 5.78 Å². The van der Waals surface area contributed by atoms with Gasteiger partial charge in [-0.15, -0.1) is 0 Å². The number of ketones is 1. The molecular weight excluding hydrogens is 396 g/mol. The Hall–Kier alpha value is -3.19. The van der Waals surface area contributed by atoms with Crippen LogP contribution in [0, 0.1) is 0 Å². The first-order valence-corrected chi connectivity index (χ1v) is 10.2. The standard InChI is InChI=1S/C24H30N2O5/c1-24(2,3)31-22(28)21(20(27)16-10-15-18-11-6-4-7-12-18)26(23(25)29)30-17-19-13-8-5-9-14-19/h4-9,11-14,21H,10,15-17H2,1-3H3,(H2,25,29). The van der Waals surface area contributed by atoms with Crippen molar-refractivity contribution in [2.45, 2.75) is 58.3 Å². The van der Waals surface area contributed by atoms with Gasteiger partial charge in [-0.05, 0) is 44.7 Å². The lowest BCUT2D eigenvalue weighted by Gasteiger charge is -2.29. The molecule has 0 aliphatic rings. The van der Waals surface area contributed by atoms with Gasteiger partial charge in [-0.2, -0.15) is 5.06 Å². The van der Waals surface area contributed by atoms with Crippen LogP contribution in [0.1, 0.15) is 44.7 Å². The molecule has 1 unspecified atom stereocenters. The van der Waals surface area contributed by atoms with E-state index in [9.17, 15) is 14.4 Å². The second kappa shape index (κ2) is 11.3. The molecule has 0 aromatic heterocycles. The summed E-state index contributed by atoms with van der Waals surface area (Å²) >= 11 is 0. The third kappa shape index (κ3) is 8.22. The van der Waals surface area contributed by atoms with E-state index in [4.69, 9.17) is 15.3 Å². The number of hydrogen-bond donors (Lipinski definition) is 1. The summed E-state index contributed by atoms with van der Waals surface area (Å²) in [6.45, 7) is 5.02. The fraction of sp³-hybridized carbons (Fsp3) is 0.375. The molecule has 0 radical (unpaired) electrons. The topological polar surface area (TPSA) is 98.9 Å². The molecule has 0 aliphatic carbocycles. The van der Waals surface area contributed by atoms with Crippen molar-refractivity contribution in [3.63, 3.8) is 0 Å². The van der Waals surface area contributed by atoms with E-state index in [0.717, 1.165) is 11.1 Å². The highest BCUT2D eigenvalue weighted by Gasteiger charge is 2.39. The highest BCUT2D eigenvalue weighted by atomic mass is 16.7. The van der Waals surface area contributed by atoms with Gasteiger partial charge in [-0.1, -0.05) is 60.7 Å². The summed E-state index contributed by atoms with van der Waals surface area (Å²) < 4.78 is 5.38. The second-order valence-corrected chi connectivity index (χ2v) is 8.16. The predicted molar refractivity (Wildman–Crippen MR) is 117 cm³/mol. The number of primary amides is 1. The number of Topliss-reactive ketones (excluding diaryl/α,β-unsaturated/α-hetero) is 1. The summed E-state index contributed by atoms with van der Waals surface area (Å²) in [5, 5.41) is 0.631. The largest absolute Gasteiger partial charge is 0.458 e. The van der Waals surface area contributed by atoms with E-state index in [1.165, 1.54) is 0 Å². The van der Waals surface area contributed by atoms with E-state index in [1.54, 1.807) is 32.9 Å². The van der Waals surface area contributed by atoms with E-state index in [1.807, 2.05) is 48.5 Å². The lowest BCUT2D eigenvalue weighted by atomic mass is 10.0. The average molecular weight is 427 g/mol. The SMILES string of the molecule is CC(C)(C)OC(=O)C(C(=O)CCCc1ccccc1)N(OCc1ccccc1)C(N)=O. The van der Waals surface area contributed by atoms with Gasteiger partial charge in [-0.3, -0.25) is 9.63 Å². The number of benzene rings is 2. The number of rotatable bonds is 10. The number of amides is 2. The maximum atomic E-state index is 13.0. The molecule has 31 heavy (non-hydrogen) atoms. The molecule has 2 N–H and O–H groups in total. The van der Waals surface area contributed by atoms with Crippen molar-refractivity contribution < 1.29 is 24.0 Å². The number of hydrogen-bond acceptors (Lipinski definition) is 5. The fourth-order valence-corrected chi connectivity index (χ4v) is 2.95. The van der Waals surface area contributed by atoms with Gasteiger partial charge in [0, 0.05) is 6.42 Å². The molecule has 0 fully saturated rings. The molecule has 0 saturated carbocycles. The Morgan fingerprint density at radius 1 is 0.935 bits per heavy atom. The Bertz CT molecular complexity index is 863. The third-order valence-corrected chi connectivity index (χ3v) is 4.33. The Kier molecular flexibility index (Phi) is 8.75. The van der Waals surface area contributed by atoms with Crippen LogP contribution in [0.15, 0.2) is 60.7 Å². The quantitative estimate of drug-likeness (QED) is 0.354. The summed E-state index contributed by atoms with van der Waals surface area (Å²) in [6, 6.07) is 16.1. The van der Waals surface area contributed by atoms with Crippen LogP contribution in [0.4, 0.5) is 4.79 Å². The number of aryl methyl sites for hydroxylation is 1. The molecule has 7 heteroatoms. The first-order chi connectivity index (χ1) is 14.7. The maximum Gasteiger partial charge on any atom is 0.339 e. The Morgan fingerprint density at radius 3 is 2.00 bits per heavy atom. The van der Waals surface area contributed by atoms with Gasteiger partial charge in [0.2, 0.25) is 6.04 Å². The molecule has 2 aromatic carbocycles. The second-order valence-electron chi connectivity index (χ2n) is 8.16. The molecule has 2 amide bonds. The fourth-order valence-electron chi connectivity index (χ4n) is 2.95. The van der Waals surface area contributed by atoms with Crippen LogP contribution in [0.25, 0.3) is 0 Å². The highest BCUT2D eigenvalue weighted by Crippen LogP contribution is 2.17. The van der Waals surface area contributed by atoms with Crippen molar-refractivity contribution in [2.75, 3.05) is 0 Å². The zero-order valence-electron chi connectivity index (χ0n) is 18.2. The van der Waals surface area contributed by atoms with Crippen LogP contribution in [-0.4, -0.2) is 34.5 Å². The molecule has 0 saturated heterocycles. The van der Waals surface area contributed by atoms with Crippen LogP contribution in [0.3, 0.4) is 0 Å². The van der Waals surface area contributed by atoms with E-state index >= 15 is 0 Å². The molecular formula is C24H30N2O5. The van der Waals surface area contributed by atoms with Crippen molar-refractivity contribution in [2.24, 2.45) is 5.73 Å². The van der Waals surface area contributed by atoms with Gasteiger partial charge >= 0.3 is 12.0 Å². The van der Waals surface area contributed by atoms with Gasteiger partial charge in [0.25, 0.3) is 0 Å². The van der Waals surface area contributed by atoms with Crippen LogP contribution in [0.2, 0.25) is 0 Å². The van der Waals surface area contributed by atoms with Crippen molar-refractivity contribution in [1.82, 2.24) is 5.06 Å². The van der Waals surface area contributed by atoms with Gasteiger partial charge < -0.3 is 10.5 Å². The molecule has 0 aliphatic heterocycles. The normalized spacial score (nSPS) is 12.1. The number of esters is 1. The number of nitrogens with zero attached hydrogens (tertiary/aromatic N) is 1. The number of ether oxygens (including phenoxy) is 1. The minimum atomic E-state index is -1.57. The first-order valence-electron chi connectivity index (χ1n) is 10.2. The van der Waals surface area contributed by atoms with E-state index in [0.29, 0.717) is 17.9 Å². The monoisotopic (exact) mass is 426 g/mol. The third-order valence-electron chi connectivity index (χ3n) is 4.33. The minimum Gasteiger partial charge on any atom is -0.458 e. The Morgan fingerprint density at radius 2 is 1.48 bits per heavy atom. The molecule has 2 rings (SSSR count). The molecule has 166 valence electrons. The molecule has 1 atom stereocenters. The predicted octanol–water partition coefficient (Wildman–Crippen LogP) is 3.80. The van der Waals surface area contributed by atoms with Crippen LogP contribution >= 0.6 is 0 Å². The smallest absolute Gasteiger partial charge is 0.339 e. The maximum absolute atomic E-state index is 13.0. The van der Waals surface area contributed by atoms with Gasteiger partial charge in [-0.25, -0.2) is 9.59 Å². The first kappa shape index (κ1) is 24.1. The highest BCUT2D eigenvalue weighted by molar-refractivity contribution is 6.05. The summed E-state index contributed by atoms with van der Waals surface area (Å²) in [6.07, 6.45) is 1.24. The zero-order chi connectivity index (χ0) is 22.9. The van der Waals surface area contributed by atoms with Crippen molar-refractivity contribution >= 4 is 17.8 Å². The van der Waals surface area contributed by atoms with Gasteiger partial charge in [0.1, 0.15) is 12.2 Å². The van der Waals surface area contributed by atoms with E-state index in [2.05, 4.69) is 0 Å². The zero-order valence-corrected chi connectivity index (χ0v) is 18.2. The van der Waals surface area contributed by atoms with Gasteiger partial charge in [0.05, 0.1) is 0 Å². The molecule has 2 aromatic rings.